The second kappa shape index (κ2) is 7.27. The van der Waals surface area contributed by atoms with Crippen molar-refractivity contribution in [1.82, 2.24) is 0 Å². The second-order valence-electron chi connectivity index (χ2n) is 4.34. The molecule has 0 bridgehead atoms. The average molecular weight is 349 g/mol. The summed E-state index contributed by atoms with van der Waals surface area (Å²) in [5, 5.41) is 0. The SMILES string of the molecule is CCOc1cc(Br)c(C(=O)c2ccccc2)cc1OCC. The first-order valence-electron chi connectivity index (χ1n) is 6.86. The molecule has 0 unspecified atom stereocenters. The van der Waals surface area contributed by atoms with E-state index in [9.17, 15) is 4.79 Å². The highest BCUT2D eigenvalue weighted by Gasteiger charge is 2.17. The maximum absolute atomic E-state index is 12.6. The van der Waals surface area contributed by atoms with Gasteiger partial charge in [0.1, 0.15) is 0 Å². The molecule has 0 aromatic heterocycles. The lowest BCUT2D eigenvalue weighted by atomic mass is 10.0. The van der Waals surface area contributed by atoms with Crippen molar-refractivity contribution in [3.63, 3.8) is 0 Å². The zero-order chi connectivity index (χ0) is 15.2. The Kier molecular flexibility index (Phi) is 5.39. The Morgan fingerprint density at radius 2 is 1.57 bits per heavy atom. The van der Waals surface area contributed by atoms with Gasteiger partial charge in [-0.3, -0.25) is 4.79 Å². The first kappa shape index (κ1) is 15.6. The van der Waals surface area contributed by atoms with Crippen molar-refractivity contribution in [2.75, 3.05) is 13.2 Å². The third-order valence-electron chi connectivity index (χ3n) is 2.91. The monoisotopic (exact) mass is 348 g/mol. The lowest BCUT2D eigenvalue weighted by Gasteiger charge is -2.13. The van der Waals surface area contributed by atoms with Gasteiger partial charge in [0.15, 0.2) is 17.3 Å². The highest BCUT2D eigenvalue weighted by atomic mass is 79.9. The van der Waals surface area contributed by atoms with E-state index in [4.69, 9.17) is 9.47 Å². The number of hydrogen-bond acceptors (Lipinski definition) is 3. The van der Waals surface area contributed by atoms with Crippen LogP contribution in [0.15, 0.2) is 46.9 Å². The van der Waals surface area contributed by atoms with Crippen molar-refractivity contribution < 1.29 is 14.3 Å². The molecule has 2 aromatic carbocycles. The van der Waals surface area contributed by atoms with Crippen molar-refractivity contribution >= 4 is 21.7 Å². The molecule has 0 heterocycles. The molecule has 0 aliphatic heterocycles. The Balaban J connectivity index is 2.44. The summed E-state index contributed by atoms with van der Waals surface area (Å²) in [4.78, 5) is 12.6. The lowest BCUT2D eigenvalue weighted by Crippen LogP contribution is -2.05. The summed E-state index contributed by atoms with van der Waals surface area (Å²) in [6.45, 7) is 4.86. The van der Waals surface area contributed by atoms with Gasteiger partial charge in [-0.25, -0.2) is 0 Å². The van der Waals surface area contributed by atoms with Gasteiger partial charge in [0.2, 0.25) is 0 Å². The third kappa shape index (κ3) is 3.64. The number of hydrogen-bond donors (Lipinski definition) is 0. The van der Waals surface area contributed by atoms with E-state index in [2.05, 4.69) is 15.9 Å². The standard InChI is InChI=1S/C17H17BrO3/c1-3-20-15-10-13(14(18)11-16(15)21-4-2)17(19)12-8-6-5-7-9-12/h5-11H,3-4H2,1-2H3. The topological polar surface area (TPSA) is 35.5 Å². The van der Waals surface area contributed by atoms with Crippen LogP contribution < -0.4 is 9.47 Å². The van der Waals surface area contributed by atoms with E-state index in [0.29, 0.717) is 40.3 Å². The van der Waals surface area contributed by atoms with Gasteiger partial charge in [0, 0.05) is 15.6 Å². The van der Waals surface area contributed by atoms with Gasteiger partial charge in [-0.2, -0.15) is 0 Å². The first-order valence-corrected chi connectivity index (χ1v) is 7.65. The fourth-order valence-electron chi connectivity index (χ4n) is 1.99. The van der Waals surface area contributed by atoms with Gasteiger partial charge in [-0.1, -0.05) is 30.3 Å². The van der Waals surface area contributed by atoms with Gasteiger partial charge < -0.3 is 9.47 Å². The van der Waals surface area contributed by atoms with Gasteiger partial charge in [0.05, 0.1) is 13.2 Å². The maximum Gasteiger partial charge on any atom is 0.194 e. The smallest absolute Gasteiger partial charge is 0.194 e. The number of rotatable bonds is 6. The first-order chi connectivity index (χ1) is 10.2. The zero-order valence-electron chi connectivity index (χ0n) is 12.1. The van der Waals surface area contributed by atoms with E-state index in [1.165, 1.54) is 0 Å². The molecule has 21 heavy (non-hydrogen) atoms. The number of ketones is 1. The van der Waals surface area contributed by atoms with Gasteiger partial charge in [0.25, 0.3) is 0 Å². The molecule has 0 aliphatic rings. The molecule has 0 saturated carbocycles. The summed E-state index contributed by atoms with van der Waals surface area (Å²) in [5.74, 6) is 1.17. The van der Waals surface area contributed by atoms with Crippen molar-refractivity contribution in [2.24, 2.45) is 0 Å². The van der Waals surface area contributed by atoms with E-state index in [1.54, 1.807) is 24.3 Å². The number of carbonyl (C=O) groups excluding carboxylic acids is 1. The number of carbonyl (C=O) groups is 1. The van der Waals surface area contributed by atoms with Crippen LogP contribution in [0.1, 0.15) is 29.8 Å². The normalized spacial score (nSPS) is 10.2. The van der Waals surface area contributed by atoms with Gasteiger partial charge in [-0.05, 0) is 41.9 Å². The molecule has 2 rings (SSSR count). The Labute approximate surface area is 133 Å². The van der Waals surface area contributed by atoms with Crippen LogP contribution in [-0.2, 0) is 0 Å². The molecule has 0 amide bonds. The number of benzene rings is 2. The minimum atomic E-state index is -0.0496. The second-order valence-corrected chi connectivity index (χ2v) is 5.19. The van der Waals surface area contributed by atoms with Crippen LogP contribution in [0.2, 0.25) is 0 Å². The van der Waals surface area contributed by atoms with Crippen LogP contribution in [0.3, 0.4) is 0 Å². The van der Waals surface area contributed by atoms with Crippen LogP contribution in [-0.4, -0.2) is 19.0 Å². The molecule has 0 atom stereocenters. The molecule has 0 N–H and O–H groups in total. The molecule has 2 aromatic rings. The molecular weight excluding hydrogens is 332 g/mol. The van der Waals surface area contributed by atoms with E-state index < -0.39 is 0 Å². The average Bonchev–Trinajstić information content (AvgIpc) is 2.50. The summed E-state index contributed by atoms with van der Waals surface area (Å²) in [7, 11) is 0. The van der Waals surface area contributed by atoms with Crippen LogP contribution in [0, 0.1) is 0 Å². The Morgan fingerprint density at radius 3 is 2.14 bits per heavy atom. The van der Waals surface area contributed by atoms with E-state index in [0.717, 1.165) is 0 Å². The largest absolute Gasteiger partial charge is 0.490 e. The van der Waals surface area contributed by atoms with Crippen molar-refractivity contribution in [3.05, 3.63) is 58.1 Å². The summed E-state index contributed by atoms with van der Waals surface area (Å²) >= 11 is 3.44. The molecular formula is C17H17BrO3. The highest BCUT2D eigenvalue weighted by Crippen LogP contribution is 2.34. The van der Waals surface area contributed by atoms with Crippen LogP contribution in [0.4, 0.5) is 0 Å². The van der Waals surface area contributed by atoms with Crippen molar-refractivity contribution in [1.29, 1.82) is 0 Å². The number of halogens is 1. The Bertz CT molecular complexity index is 623. The van der Waals surface area contributed by atoms with Crippen LogP contribution in [0.5, 0.6) is 11.5 Å². The lowest BCUT2D eigenvalue weighted by molar-refractivity contribution is 0.103. The molecule has 0 aliphatic carbocycles. The Morgan fingerprint density at radius 1 is 1.00 bits per heavy atom. The minimum Gasteiger partial charge on any atom is -0.490 e. The van der Waals surface area contributed by atoms with Crippen LogP contribution >= 0.6 is 15.9 Å². The summed E-state index contributed by atoms with van der Waals surface area (Å²) < 4.78 is 11.8. The summed E-state index contributed by atoms with van der Waals surface area (Å²) in [5.41, 5.74) is 1.21. The molecule has 3 nitrogen and oxygen atoms in total. The van der Waals surface area contributed by atoms with E-state index in [-0.39, 0.29) is 5.78 Å². The predicted octanol–water partition coefficient (Wildman–Crippen LogP) is 4.48. The molecule has 0 fully saturated rings. The fourth-order valence-corrected chi connectivity index (χ4v) is 2.49. The molecule has 0 saturated heterocycles. The van der Waals surface area contributed by atoms with E-state index >= 15 is 0 Å². The highest BCUT2D eigenvalue weighted by molar-refractivity contribution is 9.10. The summed E-state index contributed by atoms with van der Waals surface area (Å²) in [6, 6.07) is 12.7. The fraction of sp³-hybridized carbons (Fsp3) is 0.235. The third-order valence-corrected chi connectivity index (χ3v) is 3.57. The van der Waals surface area contributed by atoms with Gasteiger partial charge >= 0.3 is 0 Å². The maximum atomic E-state index is 12.6. The molecule has 110 valence electrons. The van der Waals surface area contributed by atoms with Crippen LogP contribution in [0.25, 0.3) is 0 Å². The quantitative estimate of drug-likeness (QED) is 0.722. The number of ether oxygens (including phenoxy) is 2. The van der Waals surface area contributed by atoms with Crippen molar-refractivity contribution in [3.8, 4) is 11.5 Å². The molecule has 4 heteroatoms. The Hall–Kier alpha value is -1.81. The predicted molar refractivity (Wildman–Crippen MR) is 86.4 cm³/mol. The minimum absolute atomic E-state index is 0.0496. The molecule has 0 radical (unpaired) electrons. The van der Waals surface area contributed by atoms with E-state index in [1.807, 2.05) is 32.0 Å². The summed E-state index contributed by atoms with van der Waals surface area (Å²) in [6.07, 6.45) is 0. The zero-order valence-corrected chi connectivity index (χ0v) is 13.6. The van der Waals surface area contributed by atoms with Crippen molar-refractivity contribution in [2.45, 2.75) is 13.8 Å². The molecule has 0 spiro atoms. The van der Waals surface area contributed by atoms with Gasteiger partial charge in [-0.15, -0.1) is 0 Å².